The Hall–Kier alpha value is -3.35. The molecule has 0 bridgehead atoms. The third kappa shape index (κ3) is 6.41. The van der Waals surface area contributed by atoms with Gasteiger partial charge in [-0.1, -0.05) is 68.8 Å². The molecule has 1 aliphatic carbocycles. The van der Waals surface area contributed by atoms with Gasteiger partial charge in [-0.25, -0.2) is 4.79 Å². The van der Waals surface area contributed by atoms with Crippen molar-refractivity contribution in [3.63, 3.8) is 0 Å². The molecule has 0 radical (unpaired) electrons. The number of hydrogen-bond donors (Lipinski definition) is 2. The van der Waals surface area contributed by atoms with E-state index in [9.17, 15) is 14.4 Å². The van der Waals surface area contributed by atoms with Gasteiger partial charge in [-0.2, -0.15) is 0 Å². The molecule has 0 aliphatic heterocycles. The Morgan fingerprint density at radius 1 is 1.00 bits per heavy atom. The van der Waals surface area contributed by atoms with Crippen molar-refractivity contribution in [3.8, 4) is 11.1 Å². The number of nitrogens with one attached hydrogen (secondary N) is 1. The lowest BCUT2D eigenvalue weighted by Crippen LogP contribution is -2.52. The van der Waals surface area contributed by atoms with E-state index >= 15 is 0 Å². The van der Waals surface area contributed by atoms with Crippen LogP contribution in [0.3, 0.4) is 0 Å². The molecule has 0 spiro atoms. The maximum atomic E-state index is 13.3. The summed E-state index contributed by atoms with van der Waals surface area (Å²) in [6.07, 6.45) is 1.30. The van der Waals surface area contributed by atoms with Crippen LogP contribution < -0.4 is 5.32 Å². The molecule has 0 unspecified atom stereocenters. The second-order valence-electron chi connectivity index (χ2n) is 9.10. The second kappa shape index (κ2) is 12.4. The lowest BCUT2D eigenvalue weighted by atomic mass is 9.97. The molecule has 7 heteroatoms. The minimum absolute atomic E-state index is 0.0488. The Morgan fingerprint density at radius 3 is 2.14 bits per heavy atom. The number of benzene rings is 2. The summed E-state index contributed by atoms with van der Waals surface area (Å²) in [4.78, 5) is 38.5. The molecular formula is C28H36N2O5. The Bertz CT molecular complexity index is 992. The molecule has 2 amide bonds. The number of carboxylic acids is 1. The summed E-state index contributed by atoms with van der Waals surface area (Å²) in [6.45, 7) is 6.94. The van der Waals surface area contributed by atoms with Crippen molar-refractivity contribution in [2.24, 2.45) is 5.92 Å². The maximum Gasteiger partial charge on any atom is 0.407 e. The number of amides is 2. The molecule has 0 fully saturated rings. The standard InChI is InChI=1S/C28H36N2O5/c1-4-19(3)26(27(33)30(5-2)17-11-10-16-25(31)32)29-28(34)35-18-24-22-14-8-6-12-20(22)21-13-7-9-15-23(21)24/h6-9,12-15,19,24,26H,4-5,10-11,16-18H2,1-3H3,(H,29,34)(H,31,32)/t19-,26-/m0/s1. The predicted octanol–water partition coefficient (Wildman–Crippen LogP) is 5.04. The van der Waals surface area contributed by atoms with E-state index in [1.165, 1.54) is 0 Å². The van der Waals surface area contributed by atoms with Crippen LogP contribution in [0.5, 0.6) is 0 Å². The van der Waals surface area contributed by atoms with Gasteiger partial charge in [0.25, 0.3) is 0 Å². The van der Waals surface area contributed by atoms with Gasteiger partial charge >= 0.3 is 12.1 Å². The van der Waals surface area contributed by atoms with Crippen LogP contribution in [-0.2, 0) is 14.3 Å². The van der Waals surface area contributed by atoms with Crippen LogP contribution in [0.15, 0.2) is 48.5 Å². The Kier molecular flexibility index (Phi) is 9.29. The lowest BCUT2D eigenvalue weighted by molar-refractivity contribution is -0.137. The fourth-order valence-corrected chi connectivity index (χ4v) is 4.65. The smallest absolute Gasteiger partial charge is 0.407 e. The van der Waals surface area contributed by atoms with Crippen LogP contribution in [0, 0.1) is 5.92 Å². The summed E-state index contributed by atoms with van der Waals surface area (Å²) >= 11 is 0. The molecule has 1 aliphatic rings. The average Bonchev–Trinajstić information content (AvgIpc) is 3.18. The third-order valence-corrected chi connectivity index (χ3v) is 6.86. The molecule has 2 N–H and O–H groups in total. The number of fused-ring (bicyclic) bond motifs is 3. The zero-order valence-electron chi connectivity index (χ0n) is 20.8. The van der Waals surface area contributed by atoms with Crippen molar-refractivity contribution in [3.05, 3.63) is 59.7 Å². The fraction of sp³-hybridized carbons (Fsp3) is 0.464. The number of alkyl carbamates (subject to hydrolysis) is 1. The largest absolute Gasteiger partial charge is 0.481 e. The number of nitrogens with zero attached hydrogens (tertiary/aromatic N) is 1. The maximum absolute atomic E-state index is 13.3. The van der Waals surface area contributed by atoms with Gasteiger partial charge in [-0.15, -0.1) is 0 Å². The number of ether oxygens (including phenoxy) is 1. The predicted molar refractivity (Wildman–Crippen MR) is 135 cm³/mol. The van der Waals surface area contributed by atoms with Crippen LogP contribution in [0.2, 0.25) is 0 Å². The number of carbonyl (C=O) groups is 3. The van der Waals surface area contributed by atoms with Crippen LogP contribution in [0.1, 0.15) is 63.5 Å². The van der Waals surface area contributed by atoms with Crippen molar-refractivity contribution in [1.82, 2.24) is 10.2 Å². The Labute approximate surface area is 207 Å². The molecule has 0 heterocycles. The number of hydrogen-bond acceptors (Lipinski definition) is 4. The van der Waals surface area contributed by atoms with Gasteiger partial charge in [0.1, 0.15) is 12.6 Å². The summed E-state index contributed by atoms with van der Waals surface area (Å²) in [7, 11) is 0. The van der Waals surface area contributed by atoms with E-state index in [0.717, 1.165) is 28.7 Å². The minimum Gasteiger partial charge on any atom is -0.481 e. The lowest BCUT2D eigenvalue weighted by Gasteiger charge is -2.30. The van der Waals surface area contributed by atoms with Gasteiger partial charge in [0.15, 0.2) is 0 Å². The van der Waals surface area contributed by atoms with Gasteiger partial charge in [0.2, 0.25) is 5.91 Å². The summed E-state index contributed by atoms with van der Waals surface area (Å²) in [5, 5.41) is 11.6. The number of carbonyl (C=O) groups excluding carboxylic acids is 2. The van der Waals surface area contributed by atoms with Gasteiger partial charge in [0, 0.05) is 25.4 Å². The molecular weight excluding hydrogens is 444 g/mol. The number of unbranched alkanes of at least 4 members (excludes halogenated alkanes) is 1. The van der Waals surface area contributed by atoms with E-state index in [2.05, 4.69) is 29.6 Å². The van der Waals surface area contributed by atoms with Gasteiger partial charge in [-0.3, -0.25) is 9.59 Å². The van der Waals surface area contributed by atoms with Crippen molar-refractivity contribution in [2.75, 3.05) is 19.7 Å². The first-order valence-electron chi connectivity index (χ1n) is 12.5. The van der Waals surface area contributed by atoms with E-state index in [-0.39, 0.29) is 30.8 Å². The van der Waals surface area contributed by atoms with Crippen LogP contribution in [-0.4, -0.2) is 53.7 Å². The summed E-state index contributed by atoms with van der Waals surface area (Å²) in [5.74, 6) is -1.12. The van der Waals surface area contributed by atoms with Gasteiger partial charge in [-0.05, 0) is 47.9 Å². The molecule has 2 atom stereocenters. The molecule has 3 rings (SSSR count). The first kappa shape index (κ1) is 26.3. The molecule has 2 aromatic rings. The zero-order valence-corrected chi connectivity index (χ0v) is 20.8. The third-order valence-electron chi connectivity index (χ3n) is 6.86. The molecule has 0 aromatic heterocycles. The first-order chi connectivity index (χ1) is 16.9. The van der Waals surface area contributed by atoms with E-state index in [0.29, 0.717) is 25.9 Å². The van der Waals surface area contributed by atoms with Crippen molar-refractivity contribution in [1.29, 1.82) is 0 Å². The molecule has 188 valence electrons. The monoisotopic (exact) mass is 480 g/mol. The normalized spacial score (nSPS) is 13.9. The highest BCUT2D eigenvalue weighted by Gasteiger charge is 2.32. The Morgan fingerprint density at radius 2 is 1.60 bits per heavy atom. The SMILES string of the molecule is CC[C@H](C)[C@H](NC(=O)OCC1c2ccccc2-c2ccccc21)C(=O)N(CC)CCCCC(=O)O. The van der Waals surface area contributed by atoms with Crippen molar-refractivity contribution in [2.45, 2.75) is 58.4 Å². The van der Waals surface area contributed by atoms with Crippen molar-refractivity contribution < 1.29 is 24.2 Å². The number of aliphatic carboxylic acids is 1. The highest BCUT2D eigenvalue weighted by molar-refractivity contribution is 5.86. The van der Waals surface area contributed by atoms with Crippen molar-refractivity contribution >= 4 is 18.0 Å². The topological polar surface area (TPSA) is 95.9 Å². The summed E-state index contributed by atoms with van der Waals surface area (Å²) < 4.78 is 5.67. The molecule has 0 saturated carbocycles. The molecule has 0 saturated heterocycles. The number of carboxylic acid groups (broad SMARTS) is 1. The van der Waals surface area contributed by atoms with E-state index < -0.39 is 18.1 Å². The highest BCUT2D eigenvalue weighted by Crippen LogP contribution is 2.44. The van der Waals surface area contributed by atoms with E-state index in [1.54, 1.807) is 4.90 Å². The van der Waals surface area contributed by atoms with Crippen LogP contribution in [0.25, 0.3) is 11.1 Å². The second-order valence-corrected chi connectivity index (χ2v) is 9.10. The van der Waals surface area contributed by atoms with Gasteiger partial charge in [0.05, 0.1) is 0 Å². The zero-order chi connectivity index (χ0) is 25.4. The number of likely N-dealkylation sites (N-methyl/N-ethyl adjacent to an activating group) is 1. The average molecular weight is 481 g/mol. The van der Waals surface area contributed by atoms with Gasteiger partial charge < -0.3 is 20.1 Å². The summed E-state index contributed by atoms with van der Waals surface area (Å²) in [5.41, 5.74) is 4.58. The molecule has 35 heavy (non-hydrogen) atoms. The highest BCUT2D eigenvalue weighted by atomic mass is 16.5. The number of rotatable bonds is 12. The fourth-order valence-electron chi connectivity index (χ4n) is 4.65. The van der Waals surface area contributed by atoms with Crippen LogP contribution >= 0.6 is 0 Å². The van der Waals surface area contributed by atoms with Crippen LogP contribution in [0.4, 0.5) is 4.79 Å². The first-order valence-corrected chi connectivity index (χ1v) is 12.5. The summed E-state index contributed by atoms with van der Waals surface area (Å²) in [6, 6.07) is 15.6. The van der Waals surface area contributed by atoms with E-state index in [1.807, 2.05) is 45.0 Å². The van der Waals surface area contributed by atoms with E-state index in [4.69, 9.17) is 9.84 Å². The quantitative estimate of drug-likeness (QED) is 0.415. The molecule has 7 nitrogen and oxygen atoms in total. The minimum atomic E-state index is -0.839. The molecule has 2 aromatic carbocycles. The Balaban J connectivity index is 1.64.